The molecule has 10 heteroatoms. The third-order valence-corrected chi connectivity index (χ3v) is 11.4. The lowest BCUT2D eigenvalue weighted by molar-refractivity contribution is -0.146. The third-order valence-electron chi connectivity index (χ3n) is 11.4. The van der Waals surface area contributed by atoms with Crippen molar-refractivity contribution in [3.8, 4) is 23.0 Å². The predicted molar refractivity (Wildman–Crippen MR) is 222 cm³/mol. The van der Waals surface area contributed by atoms with Gasteiger partial charge in [0.25, 0.3) is 0 Å². The van der Waals surface area contributed by atoms with Crippen LogP contribution in [0.5, 0.6) is 23.0 Å². The van der Waals surface area contributed by atoms with Crippen molar-refractivity contribution in [3.63, 3.8) is 0 Å². The molecule has 4 N–H and O–H groups in total. The molecule has 306 valence electrons. The number of carbonyl (C=O) groups is 2. The fraction of sp³-hybridized carbons (Fsp3) is 0.447. The molecule has 57 heavy (non-hydrogen) atoms. The normalized spacial score (nSPS) is 15.2. The summed E-state index contributed by atoms with van der Waals surface area (Å²) in [6.45, 7) is 8.09. The van der Waals surface area contributed by atoms with Crippen LogP contribution in [0.1, 0.15) is 88.5 Å². The third kappa shape index (κ3) is 8.48. The van der Waals surface area contributed by atoms with E-state index in [2.05, 4.69) is 10.6 Å². The highest BCUT2D eigenvalue weighted by Crippen LogP contribution is 2.47. The molecule has 0 radical (unpaired) electrons. The Bertz CT molecular complexity index is 1740. The van der Waals surface area contributed by atoms with Crippen molar-refractivity contribution in [2.24, 2.45) is 17.3 Å². The van der Waals surface area contributed by atoms with Gasteiger partial charge in [-0.2, -0.15) is 0 Å². The van der Waals surface area contributed by atoms with E-state index in [1.165, 1.54) is 0 Å². The lowest BCUT2D eigenvalue weighted by atomic mass is 9.74. The Morgan fingerprint density at radius 2 is 0.807 bits per heavy atom. The number of carbonyl (C=O) groups excluding carboxylic acids is 2. The van der Waals surface area contributed by atoms with Crippen LogP contribution in [0.4, 0.5) is 0 Å². The molecule has 0 unspecified atom stereocenters. The SMILES string of the molecule is COc1ccccc1C(O)(c1ccccc1OC)[C@@H](CC(C)C)NC(=O)C1(C(=O)N[C@H](CC(C)C)C(O)(c2ccccc2OC)c2ccccc2OC)CCCC1. The van der Waals surface area contributed by atoms with Gasteiger partial charge in [-0.1, -0.05) is 113 Å². The van der Waals surface area contributed by atoms with Crippen LogP contribution in [0.2, 0.25) is 0 Å². The molecule has 1 saturated carbocycles. The molecule has 1 fully saturated rings. The van der Waals surface area contributed by atoms with Crippen LogP contribution in [-0.2, 0) is 20.8 Å². The summed E-state index contributed by atoms with van der Waals surface area (Å²) in [4.78, 5) is 30.3. The van der Waals surface area contributed by atoms with Crippen molar-refractivity contribution in [1.82, 2.24) is 10.6 Å². The zero-order chi connectivity index (χ0) is 41.4. The molecule has 0 spiro atoms. The number of para-hydroxylation sites is 4. The first-order valence-corrected chi connectivity index (χ1v) is 19.9. The summed E-state index contributed by atoms with van der Waals surface area (Å²) in [5.74, 6) is 0.798. The molecule has 0 saturated heterocycles. The van der Waals surface area contributed by atoms with Crippen molar-refractivity contribution in [3.05, 3.63) is 119 Å². The monoisotopic (exact) mass is 780 g/mol. The molecule has 5 rings (SSSR count). The Labute approximate surface area is 337 Å². The second-order valence-corrected chi connectivity index (χ2v) is 15.9. The van der Waals surface area contributed by atoms with E-state index in [1.807, 2.05) is 76.2 Å². The minimum absolute atomic E-state index is 0.0201. The summed E-state index contributed by atoms with van der Waals surface area (Å²) in [6, 6.07) is 27.0. The minimum Gasteiger partial charge on any atom is -0.496 e. The number of benzene rings is 4. The number of rotatable bonds is 18. The van der Waals surface area contributed by atoms with Gasteiger partial charge in [-0.15, -0.1) is 0 Å². The molecule has 0 bridgehead atoms. The van der Waals surface area contributed by atoms with Gasteiger partial charge in [-0.3, -0.25) is 9.59 Å². The molecule has 2 amide bonds. The van der Waals surface area contributed by atoms with Crippen molar-refractivity contribution < 1.29 is 38.7 Å². The molecule has 1 aliphatic carbocycles. The maximum absolute atomic E-state index is 15.2. The van der Waals surface area contributed by atoms with E-state index in [9.17, 15) is 10.2 Å². The summed E-state index contributed by atoms with van der Waals surface area (Å²) in [7, 11) is 6.17. The topological polar surface area (TPSA) is 136 Å². The lowest BCUT2D eigenvalue weighted by Gasteiger charge is -2.43. The quantitative estimate of drug-likeness (QED) is 0.0763. The van der Waals surface area contributed by atoms with Crippen LogP contribution in [0.15, 0.2) is 97.1 Å². The molecule has 2 atom stereocenters. The summed E-state index contributed by atoms with van der Waals surface area (Å²) in [5.41, 5.74) is -3.40. The number of nitrogens with one attached hydrogen (secondary N) is 2. The van der Waals surface area contributed by atoms with E-state index in [0.29, 0.717) is 70.9 Å². The molecular formula is C47H60N2O8. The molecular weight excluding hydrogens is 721 g/mol. The van der Waals surface area contributed by atoms with Crippen LogP contribution >= 0.6 is 0 Å². The Balaban J connectivity index is 1.64. The average Bonchev–Trinajstić information content (AvgIpc) is 3.74. The van der Waals surface area contributed by atoms with Crippen molar-refractivity contribution in [1.29, 1.82) is 0 Å². The smallest absolute Gasteiger partial charge is 0.236 e. The van der Waals surface area contributed by atoms with Gasteiger partial charge in [0.15, 0.2) is 0 Å². The van der Waals surface area contributed by atoms with E-state index in [1.54, 1.807) is 77.0 Å². The fourth-order valence-corrected chi connectivity index (χ4v) is 8.62. The lowest BCUT2D eigenvalue weighted by Crippen LogP contribution is -2.61. The first-order chi connectivity index (χ1) is 27.3. The predicted octanol–water partition coefficient (Wildman–Crippen LogP) is 7.52. The number of aliphatic hydroxyl groups is 2. The molecule has 4 aromatic rings. The van der Waals surface area contributed by atoms with Crippen LogP contribution in [0.3, 0.4) is 0 Å². The van der Waals surface area contributed by atoms with E-state index in [4.69, 9.17) is 18.9 Å². The summed E-state index contributed by atoms with van der Waals surface area (Å²) >= 11 is 0. The zero-order valence-electron chi connectivity index (χ0n) is 34.6. The highest BCUT2D eigenvalue weighted by molar-refractivity contribution is 6.05. The van der Waals surface area contributed by atoms with Crippen molar-refractivity contribution >= 4 is 11.8 Å². The van der Waals surface area contributed by atoms with E-state index >= 15 is 9.59 Å². The largest absolute Gasteiger partial charge is 0.496 e. The van der Waals surface area contributed by atoms with Gasteiger partial charge >= 0.3 is 0 Å². The van der Waals surface area contributed by atoms with E-state index in [0.717, 1.165) is 0 Å². The number of methoxy groups -OCH3 is 4. The Morgan fingerprint density at radius 1 is 0.544 bits per heavy atom. The number of hydrogen-bond donors (Lipinski definition) is 4. The maximum atomic E-state index is 15.2. The highest BCUT2D eigenvalue weighted by atomic mass is 16.5. The Morgan fingerprint density at radius 3 is 1.05 bits per heavy atom. The molecule has 4 aromatic carbocycles. The first-order valence-electron chi connectivity index (χ1n) is 19.9. The van der Waals surface area contributed by atoms with Crippen molar-refractivity contribution in [2.45, 2.75) is 89.5 Å². The number of hydrogen-bond acceptors (Lipinski definition) is 8. The molecule has 0 aromatic heterocycles. The number of ether oxygens (including phenoxy) is 4. The zero-order valence-corrected chi connectivity index (χ0v) is 34.6. The number of amides is 2. The highest BCUT2D eigenvalue weighted by Gasteiger charge is 2.54. The molecule has 0 aliphatic heterocycles. The van der Waals surface area contributed by atoms with Gasteiger partial charge in [0, 0.05) is 22.3 Å². The first kappa shape index (κ1) is 43.1. The van der Waals surface area contributed by atoms with Crippen LogP contribution in [0.25, 0.3) is 0 Å². The Hall–Kier alpha value is -5.06. The molecule has 0 heterocycles. The summed E-state index contributed by atoms with van der Waals surface area (Å²) in [5, 5.41) is 33.0. The van der Waals surface area contributed by atoms with Crippen LogP contribution < -0.4 is 29.6 Å². The summed E-state index contributed by atoms with van der Waals surface area (Å²) in [6.07, 6.45) is 2.59. The van der Waals surface area contributed by atoms with Gasteiger partial charge in [-0.05, 0) is 61.8 Å². The van der Waals surface area contributed by atoms with Gasteiger partial charge in [0.1, 0.15) is 39.6 Å². The molecule has 10 nitrogen and oxygen atoms in total. The van der Waals surface area contributed by atoms with Gasteiger partial charge in [0.2, 0.25) is 11.8 Å². The van der Waals surface area contributed by atoms with E-state index in [-0.39, 0.29) is 24.7 Å². The van der Waals surface area contributed by atoms with Gasteiger partial charge in [0.05, 0.1) is 40.5 Å². The van der Waals surface area contributed by atoms with E-state index < -0.39 is 40.5 Å². The Kier molecular flexibility index (Phi) is 14.0. The fourth-order valence-electron chi connectivity index (χ4n) is 8.62. The van der Waals surface area contributed by atoms with Crippen molar-refractivity contribution in [2.75, 3.05) is 28.4 Å². The standard InChI is InChI=1S/C47H60N2O8/c1-31(2)29-41(46(52,33-19-9-13-23-37(33)54-5)34-20-10-14-24-38(34)55-6)48-43(50)45(27-17-18-28-45)44(51)49-42(30-32(3)4)47(53,35-21-11-15-25-39(35)56-7)36-22-12-16-26-40(36)57-8/h9-16,19-26,31-32,41-42,52-53H,17-18,27-30H2,1-8H3,(H,48,50)(H,49,51)/t41-,42-/m1/s1. The van der Waals surface area contributed by atoms with Gasteiger partial charge < -0.3 is 39.8 Å². The maximum Gasteiger partial charge on any atom is 0.236 e. The second kappa shape index (κ2) is 18.5. The molecule has 1 aliphatic rings. The van der Waals surface area contributed by atoms with Crippen LogP contribution in [-0.4, -0.2) is 62.6 Å². The van der Waals surface area contributed by atoms with Gasteiger partial charge in [-0.25, -0.2) is 0 Å². The average molecular weight is 781 g/mol. The van der Waals surface area contributed by atoms with Crippen LogP contribution in [0, 0.1) is 17.3 Å². The summed E-state index contributed by atoms with van der Waals surface area (Å²) < 4.78 is 23.2. The minimum atomic E-state index is -1.84. The second-order valence-electron chi connectivity index (χ2n) is 15.9.